The Morgan fingerprint density at radius 3 is 2.29 bits per heavy atom. The molecule has 98 valence electrons. The van der Waals surface area contributed by atoms with Crippen molar-refractivity contribution in [3.63, 3.8) is 0 Å². The SMILES string of the molecule is COCCOCCOCCOc1ccsc1Br. The summed E-state index contributed by atoms with van der Waals surface area (Å²) in [7, 11) is 1.65. The highest BCUT2D eigenvalue weighted by Gasteiger charge is 2.00. The van der Waals surface area contributed by atoms with Crippen molar-refractivity contribution >= 4 is 27.3 Å². The first-order chi connectivity index (χ1) is 8.34. The average molecular weight is 325 g/mol. The number of hydrogen-bond acceptors (Lipinski definition) is 5. The summed E-state index contributed by atoms with van der Waals surface area (Å²) in [6, 6.07) is 1.93. The number of halogens is 1. The Kier molecular flexibility index (Phi) is 8.64. The van der Waals surface area contributed by atoms with Gasteiger partial charge in [-0.25, -0.2) is 0 Å². The van der Waals surface area contributed by atoms with Gasteiger partial charge in [0.05, 0.1) is 33.0 Å². The van der Waals surface area contributed by atoms with E-state index in [1.54, 1.807) is 18.4 Å². The van der Waals surface area contributed by atoms with E-state index in [1.165, 1.54) is 0 Å². The number of hydrogen-bond donors (Lipinski definition) is 0. The minimum atomic E-state index is 0.549. The third-order valence-corrected chi connectivity index (χ3v) is 3.51. The standard InChI is InChI=1S/C11H17BrO4S/c1-13-3-4-14-5-6-15-7-8-16-10-2-9-17-11(10)12/h2,9H,3-8H2,1H3. The fourth-order valence-corrected chi connectivity index (χ4v) is 2.18. The minimum absolute atomic E-state index is 0.549. The number of ether oxygens (including phenoxy) is 4. The molecule has 0 spiro atoms. The van der Waals surface area contributed by atoms with Crippen LogP contribution in [0.4, 0.5) is 0 Å². The Morgan fingerprint density at radius 1 is 1.06 bits per heavy atom. The van der Waals surface area contributed by atoms with E-state index in [-0.39, 0.29) is 0 Å². The molecule has 1 heterocycles. The molecule has 0 saturated heterocycles. The van der Waals surface area contributed by atoms with Crippen molar-refractivity contribution in [2.75, 3.05) is 46.8 Å². The molecular weight excluding hydrogens is 308 g/mol. The summed E-state index contributed by atoms with van der Waals surface area (Å²) in [5.74, 6) is 0.870. The average Bonchev–Trinajstić information content (AvgIpc) is 2.73. The van der Waals surface area contributed by atoms with Crippen molar-refractivity contribution in [1.29, 1.82) is 0 Å². The lowest BCUT2D eigenvalue weighted by Gasteiger charge is -2.06. The molecule has 0 amide bonds. The second-order valence-corrected chi connectivity index (χ2v) is 5.36. The minimum Gasteiger partial charge on any atom is -0.489 e. The van der Waals surface area contributed by atoms with Crippen LogP contribution in [-0.4, -0.2) is 46.8 Å². The predicted octanol–water partition coefficient (Wildman–Crippen LogP) is 2.57. The summed E-state index contributed by atoms with van der Waals surface area (Å²) in [6.07, 6.45) is 0. The van der Waals surface area contributed by atoms with E-state index in [2.05, 4.69) is 15.9 Å². The van der Waals surface area contributed by atoms with Gasteiger partial charge in [0.1, 0.15) is 16.1 Å². The van der Waals surface area contributed by atoms with Crippen LogP contribution < -0.4 is 4.74 Å². The molecule has 0 saturated carbocycles. The molecule has 0 N–H and O–H groups in total. The van der Waals surface area contributed by atoms with Gasteiger partial charge >= 0.3 is 0 Å². The van der Waals surface area contributed by atoms with Gasteiger partial charge < -0.3 is 18.9 Å². The quantitative estimate of drug-likeness (QED) is 0.620. The largest absolute Gasteiger partial charge is 0.489 e. The molecular formula is C11H17BrO4S. The van der Waals surface area contributed by atoms with E-state index >= 15 is 0 Å². The number of rotatable bonds is 10. The van der Waals surface area contributed by atoms with Gasteiger partial charge in [0.2, 0.25) is 0 Å². The fourth-order valence-electron chi connectivity index (χ4n) is 1.06. The predicted molar refractivity (Wildman–Crippen MR) is 71.0 cm³/mol. The van der Waals surface area contributed by atoms with E-state index in [1.807, 2.05) is 11.4 Å². The van der Waals surface area contributed by atoms with Crippen LogP contribution in [0.5, 0.6) is 5.75 Å². The van der Waals surface area contributed by atoms with Gasteiger partial charge in [-0.3, -0.25) is 0 Å². The van der Waals surface area contributed by atoms with Crippen molar-refractivity contribution < 1.29 is 18.9 Å². The van der Waals surface area contributed by atoms with Crippen molar-refractivity contribution in [3.8, 4) is 5.75 Å². The second kappa shape index (κ2) is 9.85. The highest BCUT2D eigenvalue weighted by atomic mass is 79.9. The lowest BCUT2D eigenvalue weighted by molar-refractivity contribution is 0.0179. The van der Waals surface area contributed by atoms with Crippen LogP contribution in [-0.2, 0) is 14.2 Å². The third-order valence-electron chi connectivity index (χ3n) is 1.87. The van der Waals surface area contributed by atoms with Crippen LogP contribution in [0.25, 0.3) is 0 Å². The molecule has 0 unspecified atom stereocenters. The summed E-state index contributed by atoms with van der Waals surface area (Å²) in [5.41, 5.74) is 0. The second-order valence-electron chi connectivity index (χ2n) is 3.12. The Morgan fingerprint density at radius 2 is 1.71 bits per heavy atom. The zero-order chi connectivity index (χ0) is 12.3. The Balaban J connectivity index is 1.86. The zero-order valence-electron chi connectivity index (χ0n) is 9.82. The molecule has 0 aliphatic heterocycles. The van der Waals surface area contributed by atoms with Crippen LogP contribution in [0.3, 0.4) is 0 Å². The summed E-state index contributed by atoms with van der Waals surface area (Å²) >= 11 is 5.01. The van der Waals surface area contributed by atoms with Gasteiger partial charge in [-0.05, 0) is 27.4 Å². The molecule has 1 aromatic heterocycles. The highest BCUT2D eigenvalue weighted by Crippen LogP contribution is 2.30. The lowest BCUT2D eigenvalue weighted by atomic mass is 10.6. The Bertz CT molecular complexity index is 293. The summed E-state index contributed by atoms with van der Waals surface area (Å²) in [5, 5.41) is 1.98. The van der Waals surface area contributed by atoms with Crippen molar-refractivity contribution in [3.05, 3.63) is 15.2 Å². The topological polar surface area (TPSA) is 36.9 Å². The molecule has 0 fully saturated rings. The van der Waals surface area contributed by atoms with E-state index < -0.39 is 0 Å². The van der Waals surface area contributed by atoms with Gasteiger partial charge in [0.15, 0.2) is 0 Å². The van der Waals surface area contributed by atoms with Gasteiger partial charge in [0, 0.05) is 7.11 Å². The normalized spacial score (nSPS) is 10.7. The molecule has 0 atom stereocenters. The summed E-state index contributed by atoms with van der Waals surface area (Å²) < 4.78 is 22.0. The molecule has 17 heavy (non-hydrogen) atoms. The molecule has 0 aliphatic rings. The van der Waals surface area contributed by atoms with Crippen molar-refractivity contribution in [2.45, 2.75) is 0 Å². The van der Waals surface area contributed by atoms with E-state index in [4.69, 9.17) is 18.9 Å². The number of methoxy groups -OCH3 is 1. The van der Waals surface area contributed by atoms with Crippen LogP contribution in [0, 0.1) is 0 Å². The fraction of sp³-hybridized carbons (Fsp3) is 0.636. The van der Waals surface area contributed by atoms with Crippen LogP contribution >= 0.6 is 27.3 Å². The van der Waals surface area contributed by atoms with Gasteiger partial charge in [0.25, 0.3) is 0 Å². The molecule has 6 heteroatoms. The van der Waals surface area contributed by atoms with Crippen LogP contribution in [0.2, 0.25) is 0 Å². The maximum atomic E-state index is 5.50. The maximum Gasteiger partial charge on any atom is 0.144 e. The van der Waals surface area contributed by atoms with Crippen molar-refractivity contribution in [2.24, 2.45) is 0 Å². The van der Waals surface area contributed by atoms with Crippen LogP contribution in [0.1, 0.15) is 0 Å². The number of thiophene rings is 1. The summed E-state index contributed by atoms with van der Waals surface area (Å²) in [6.45, 7) is 3.51. The van der Waals surface area contributed by atoms with Crippen molar-refractivity contribution in [1.82, 2.24) is 0 Å². The van der Waals surface area contributed by atoms with Crippen LogP contribution in [0.15, 0.2) is 15.2 Å². The van der Waals surface area contributed by atoms with E-state index in [0.717, 1.165) is 9.54 Å². The monoisotopic (exact) mass is 324 g/mol. The molecule has 0 aromatic carbocycles. The smallest absolute Gasteiger partial charge is 0.144 e. The maximum absolute atomic E-state index is 5.50. The summed E-state index contributed by atoms with van der Waals surface area (Å²) in [4.78, 5) is 0. The van der Waals surface area contributed by atoms with E-state index in [0.29, 0.717) is 39.6 Å². The molecule has 0 radical (unpaired) electrons. The Hall–Kier alpha value is -0.140. The molecule has 0 bridgehead atoms. The first-order valence-corrected chi connectivity index (χ1v) is 7.02. The zero-order valence-corrected chi connectivity index (χ0v) is 12.2. The van der Waals surface area contributed by atoms with E-state index in [9.17, 15) is 0 Å². The third kappa shape index (κ3) is 7.00. The highest BCUT2D eigenvalue weighted by molar-refractivity contribution is 9.11. The molecule has 1 rings (SSSR count). The molecule has 1 aromatic rings. The van der Waals surface area contributed by atoms with Gasteiger partial charge in [-0.2, -0.15) is 0 Å². The Labute approximate surface area is 114 Å². The molecule has 0 aliphatic carbocycles. The first-order valence-electron chi connectivity index (χ1n) is 5.35. The van der Waals surface area contributed by atoms with Gasteiger partial charge in [-0.1, -0.05) is 0 Å². The molecule has 4 nitrogen and oxygen atoms in total. The van der Waals surface area contributed by atoms with Gasteiger partial charge in [-0.15, -0.1) is 11.3 Å². The first kappa shape index (κ1) is 14.9. The lowest BCUT2D eigenvalue weighted by Crippen LogP contribution is -2.12.